The number of hydrogen-bond donors (Lipinski definition) is 9. The van der Waals surface area contributed by atoms with E-state index in [-0.39, 0.29) is 67.9 Å². The Hall–Kier alpha value is -5.65. The van der Waals surface area contributed by atoms with Crippen molar-refractivity contribution in [1.29, 1.82) is 0 Å². The molecule has 2 aromatic heterocycles. The predicted molar refractivity (Wildman–Crippen MR) is 272 cm³/mol. The molecule has 6 amide bonds. The van der Waals surface area contributed by atoms with Crippen LogP contribution >= 0.6 is 38.1 Å². The summed E-state index contributed by atoms with van der Waals surface area (Å²) in [5, 5.41) is 22.9. The fraction of sp³-hybridized carbons (Fsp3) is 0.595. The van der Waals surface area contributed by atoms with Crippen molar-refractivity contribution in [2.24, 2.45) is 27.9 Å². The quantitative estimate of drug-likeness (QED) is 0.0255. The number of carbonyl (C=O) groups excluding carboxylic acids is 6. The van der Waals surface area contributed by atoms with Crippen LogP contribution in [-0.2, 0) is 67.2 Å². The van der Waals surface area contributed by atoms with Crippen LogP contribution in [0.25, 0.3) is 11.2 Å². The van der Waals surface area contributed by atoms with Crippen LogP contribution in [0, 0.1) is 11.8 Å². The molecule has 0 radical (unpaired) electrons. The van der Waals surface area contributed by atoms with Gasteiger partial charge in [-0.1, -0.05) is 55.7 Å². The number of ether oxygens (including phenoxy) is 3. The lowest BCUT2D eigenvalue weighted by molar-refractivity contribution is -0.162. The molecule has 9 N–H and O–H groups in total. The summed E-state index contributed by atoms with van der Waals surface area (Å²) in [5.74, 6) is -3.37. The number of imidazole rings is 1. The van der Waals surface area contributed by atoms with Crippen molar-refractivity contribution in [2.75, 3.05) is 51.5 Å². The first kappa shape index (κ1) is 58.6. The molecular weight excluding hydrogens is 1070 g/mol. The predicted octanol–water partition coefficient (Wildman–Crippen LogP) is 3.17. The van der Waals surface area contributed by atoms with Crippen LogP contribution in [-0.4, -0.2) is 143 Å². The molecule has 2 unspecified atom stereocenters. The molecule has 412 valence electrons. The van der Waals surface area contributed by atoms with Gasteiger partial charge in [0.05, 0.1) is 31.4 Å². The molecule has 2 fully saturated rings. The maximum atomic E-state index is 14.0. The zero-order valence-electron chi connectivity index (χ0n) is 41.5. The molecule has 29 nitrogen and oxygen atoms in total. The lowest BCUT2D eigenvalue weighted by atomic mass is 10.0. The van der Waals surface area contributed by atoms with Crippen molar-refractivity contribution in [2.45, 2.75) is 108 Å². The van der Waals surface area contributed by atoms with Gasteiger partial charge in [-0.2, -0.15) is 5.11 Å². The van der Waals surface area contributed by atoms with E-state index < -0.39 is 105 Å². The molecule has 1 aliphatic carbocycles. The molecule has 2 aliphatic heterocycles. The number of hydrogen-bond acceptors (Lipinski definition) is 22. The van der Waals surface area contributed by atoms with Crippen LogP contribution in [0.4, 0.5) is 21.1 Å². The van der Waals surface area contributed by atoms with Gasteiger partial charge in [-0.25, -0.2) is 33.7 Å². The van der Waals surface area contributed by atoms with Gasteiger partial charge < -0.3 is 61.3 Å². The van der Waals surface area contributed by atoms with Crippen molar-refractivity contribution >= 4 is 96.6 Å². The molecule has 0 spiro atoms. The van der Waals surface area contributed by atoms with Crippen molar-refractivity contribution in [3.63, 3.8) is 0 Å². The van der Waals surface area contributed by atoms with Gasteiger partial charge in [0.25, 0.3) is 0 Å². The summed E-state index contributed by atoms with van der Waals surface area (Å²) in [6.07, 6.45) is -2.38. The van der Waals surface area contributed by atoms with Crippen LogP contribution in [0.15, 0.2) is 47.3 Å². The Morgan fingerprint density at radius 2 is 1.69 bits per heavy atom. The second-order valence-electron chi connectivity index (χ2n) is 18.0. The average molecular weight is 1130 g/mol. The summed E-state index contributed by atoms with van der Waals surface area (Å²) in [6.45, 7) is -2.84. The van der Waals surface area contributed by atoms with E-state index in [9.17, 15) is 37.9 Å². The number of anilines is 2. The molecule has 1 aromatic carbocycles. The highest BCUT2D eigenvalue weighted by Gasteiger charge is 2.53. The normalized spacial score (nSPS) is 23.7. The highest BCUT2D eigenvalue weighted by Crippen LogP contribution is 2.57. The number of nitrogen functional groups attached to an aromatic ring is 1. The number of nitrogens with two attached hydrogens (primary N) is 2. The standard InChI is InChI=1S/C42H62N14O15P2S2/c1-22(2)31(53-30(57)17-56-23(3)16-49-54-56)38(59)52-28(7-6-14-45-41(44)61)37(58)50-26-11-8-24(9-12-26)18-67-42(62)51-27-13-10-25(15-27)40(60)70-34-33(71-73(64,75)66-5)29(19-68-72(63,74)65-4)69-39(34)55-21-48-32-35(43)46-20-47-36(32)55/h8-9,11-12,20-23,25,27-29,31,33-34,39H,6-7,10,13-19H2,1-5H3,(H,50,58)(H,51,62)(H,52,59)(H,53,57)(H,63,74)(H,64,75)(H2,43,46,47)(H3,44,45,61)/t23?,25-,27-,28+,29-,31+,33-,34-,39-,72+,73?/m1/s1. The average Bonchev–Trinajstić information content (AvgIpc) is 4.18. The van der Waals surface area contributed by atoms with Gasteiger partial charge in [-0.3, -0.25) is 37.8 Å². The molecule has 1 saturated heterocycles. The van der Waals surface area contributed by atoms with E-state index in [2.05, 4.69) is 76.4 Å². The third-order valence-corrected chi connectivity index (χ3v) is 15.7. The number of aromatic nitrogens is 4. The maximum absolute atomic E-state index is 14.0. The summed E-state index contributed by atoms with van der Waals surface area (Å²) in [5.41, 5.74) is 12.5. The zero-order chi connectivity index (χ0) is 54.6. The molecule has 33 heteroatoms. The molecule has 1 saturated carbocycles. The van der Waals surface area contributed by atoms with E-state index in [1.807, 2.05) is 6.92 Å². The first-order valence-electron chi connectivity index (χ1n) is 23.6. The minimum absolute atomic E-state index is 0.0502. The Morgan fingerprint density at radius 1 is 0.960 bits per heavy atom. The van der Waals surface area contributed by atoms with Crippen molar-refractivity contribution in [1.82, 2.24) is 45.8 Å². The lowest BCUT2D eigenvalue weighted by Crippen LogP contribution is -2.55. The van der Waals surface area contributed by atoms with Crippen LogP contribution in [0.2, 0.25) is 0 Å². The summed E-state index contributed by atoms with van der Waals surface area (Å²) in [4.78, 5) is 90.8. The lowest BCUT2D eigenvalue weighted by Gasteiger charge is -2.27. The molecule has 3 aromatic rings. The van der Waals surface area contributed by atoms with Gasteiger partial charge in [0, 0.05) is 32.5 Å². The highest BCUT2D eigenvalue weighted by molar-refractivity contribution is 8.44. The minimum atomic E-state index is -4.13. The number of fused-ring (bicyclic) bond motifs is 1. The molecule has 4 heterocycles. The Kier molecular flexibility index (Phi) is 20.6. The molecule has 11 atom stereocenters. The maximum Gasteiger partial charge on any atom is 0.407 e. The van der Waals surface area contributed by atoms with Gasteiger partial charge in [-0.05, 0) is 62.6 Å². The highest BCUT2D eigenvalue weighted by atomic mass is 32.7. The topological polar surface area (TPSA) is 385 Å². The smallest absolute Gasteiger partial charge is 0.407 e. The SMILES string of the molecule is COP(=O)(S)O[C@H]1[C@@H](OC(=O)[C@@H]2CC[C@@H](NC(=O)OCc3ccc(NC(=O)[C@H](CCCNC(N)=O)NC(=O)[C@@H](NC(=O)CN4N=NCC4C)C(C)C)cc3)C2)[C@H](n2cnc3c(N)ncnc32)O[C@@H]1CO[P@@](=O)(S)OC. The number of benzene rings is 1. The van der Waals surface area contributed by atoms with Gasteiger partial charge in [0.2, 0.25) is 17.7 Å². The Balaban J connectivity index is 1.04. The number of nitrogens with zero attached hydrogens (tertiary/aromatic N) is 7. The van der Waals surface area contributed by atoms with Gasteiger partial charge in [0.15, 0.2) is 23.8 Å². The van der Waals surface area contributed by atoms with Gasteiger partial charge in [-0.15, -0.1) is 0 Å². The van der Waals surface area contributed by atoms with Gasteiger partial charge >= 0.3 is 31.7 Å². The number of alkyl carbamates (subject to hydrolysis) is 1. The third-order valence-electron chi connectivity index (χ3n) is 12.2. The Bertz CT molecular complexity index is 2660. The monoisotopic (exact) mass is 1130 g/mol. The minimum Gasteiger partial charge on any atom is -0.454 e. The zero-order valence-corrected chi connectivity index (χ0v) is 45.1. The summed E-state index contributed by atoms with van der Waals surface area (Å²) in [6, 6.07) is 3.01. The van der Waals surface area contributed by atoms with Crippen molar-refractivity contribution in [3.8, 4) is 0 Å². The van der Waals surface area contributed by atoms with Crippen molar-refractivity contribution in [3.05, 3.63) is 42.5 Å². The van der Waals surface area contributed by atoms with Crippen LogP contribution in [0.1, 0.15) is 64.7 Å². The number of esters is 1. The van der Waals surface area contributed by atoms with Crippen LogP contribution in [0.5, 0.6) is 0 Å². The second kappa shape index (κ2) is 26.4. The van der Waals surface area contributed by atoms with E-state index in [1.54, 1.807) is 38.1 Å². The largest absolute Gasteiger partial charge is 0.454 e. The fourth-order valence-electron chi connectivity index (χ4n) is 8.18. The fourth-order valence-corrected chi connectivity index (χ4v) is 9.79. The number of primary amides is 1. The van der Waals surface area contributed by atoms with E-state index in [4.69, 9.17) is 43.8 Å². The first-order chi connectivity index (χ1) is 35.6. The summed E-state index contributed by atoms with van der Waals surface area (Å²) >= 11 is 7.93. The summed E-state index contributed by atoms with van der Waals surface area (Å²) in [7, 11) is 2.22. The molecule has 3 aliphatic rings. The van der Waals surface area contributed by atoms with Gasteiger partial charge in [0.1, 0.15) is 49.3 Å². The number of carbonyl (C=O) groups is 6. The second-order valence-corrected chi connectivity index (χ2v) is 24.0. The van der Waals surface area contributed by atoms with E-state index in [0.717, 1.165) is 14.2 Å². The Morgan fingerprint density at radius 3 is 2.36 bits per heavy atom. The van der Waals surface area contributed by atoms with E-state index in [1.165, 1.54) is 22.2 Å². The van der Waals surface area contributed by atoms with Crippen LogP contribution in [0.3, 0.4) is 0 Å². The number of nitrogens with one attached hydrogen (secondary N) is 5. The van der Waals surface area contributed by atoms with Crippen LogP contribution < -0.4 is 38.1 Å². The molecule has 75 heavy (non-hydrogen) atoms. The third kappa shape index (κ3) is 16.4. The molecular formula is C42H62N14O15P2S2. The van der Waals surface area contributed by atoms with E-state index >= 15 is 0 Å². The Labute approximate surface area is 441 Å². The number of rotatable bonds is 25. The first-order valence-corrected chi connectivity index (χ1v) is 28.9. The van der Waals surface area contributed by atoms with E-state index in [0.29, 0.717) is 30.6 Å². The number of urea groups is 1. The summed E-state index contributed by atoms with van der Waals surface area (Å²) < 4.78 is 65.9. The van der Waals surface area contributed by atoms with Crippen molar-refractivity contribution < 1.29 is 70.2 Å². The number of amides is 6. The number of thiol groups is 2. The molecule has 6 rings (SSSR count). The molecule has 0 bridgehead atoms.